The molecule has 158 valence electrons. The van der Waals surface area contributed by atoms with Crippen molar-refractivity contribution in [3.8, 4) is 17.3 Å². The first-order valence-electron chi connectivity index (χ1n) is 8.64. The molecule has 0 aliphatic carbocycles. The molecular weight excluding hydrogens is 453 g/mol. The van der Waals surface area contributed by atoms with Crippen LogP contribution < -0.4 is 9.46 Å². The highest BCUT2D eigenvalue weighted by Gasteiger charge is 2.19. The summed E-state index contributed by atoms with van der Waals surface area (Å²) in [4.78, 5) is 12.1. The van der Waals surface area contributed by atoms with Crippen molar-refractivity contribution in [3.05, 3.63) is 64.3 Å². The number of esters is 1. The summed E-state index contributed by atoms with van der Waals surface area (Å²) in [5.41, 5.74) is 0.863. The summed E-state index contributed by atoms with van der Waals surface area (Å²) in [5.74, 6) is -0.0271. The van der Waals surface area contributed by atoms with E-state index in [2.05, 4.69) is 9.82 Å². The van der Waals surface area contributed by atoms with Crippen LogP contribution >= 0.6 is 23.2 Å². The number of nitrogens with one attached hydrogen (secondary N) is 1. The van der Waals surface area contributed by atoms with Crippen LogP contribution in [0.5, 0.6) is 11.6 Å². The average molecular weight is 470 g/mol. The zero-order valence-electron chi connectivity index (χ0n) is 15.9. The van der Waals surface area contributed by atoms with E-state index in [1.807, 2.05) is 0 Å². The Morgan fingerprint density at radius 2 is 1.83 bits per heavy atom. The molecule has 0 atom stereocenters. The van der Waals surface area contributed by atoms with Gasteiger partial charge in [-0.1, -0.05) is 23.2 Å². The number of anilines is 1. The zero-order chi connectivity index (χ0) is 21.9. The lowest BCUT2D eigenvalue weighted by Crippen LogP contribution is -2.09. The first kappa shape index (κ1) is 21.9. The number of halogens is 2. The molecule has 1 N–H and O–H groups in total. The van der Waals surface area contributed by atoms with E-state index < -0.39 is 16.0 Å². The van der Waals surface area contributed by atoms with Crippen molar-refractivity contribution < 1.29 is 22.7 Å². The molecule has 8 nitrogen and oxygen atoms in total. The van der Waals surface area contributed by atoms with E-state index in [0.29, 0.717) is 27.2 Å². The van der Waals surface area contributed by atoms with Gasteiger partial charge in [-0.3, -0.25) is 4.72 Å². The van der Waals surface area contributed by atoms with Crippen molar-refractivity contribution in [2.24, 2.45) is 0 Å². The lowest BCUT2D eigenvalue weighted by atomic mass is 10.3. The molecule has 0 saturated carbocycles. The van der Waals surface area contributed by atoms with Crippen LogP contribution in [-0.4, -0.2) is 37.0 Å². The summed E-state index contributed by atoms with van der Waals surface area (Å²) >= 11 is 12.3. The Bertz CT molecular complexity index is 1180. The van der Waals surface area contributed by atoms with Crippen molar-refractivity contribution in [2.75, 3.05) is 17.6 Å². The standard InChI is InChI=1S/C19H17Cl2N3O5S/c1-3-28-19(25)16-11-18(24(22-16)17-9-4-12(20)10-15(17)21)29-14-7-5-13(6-8-14)23-30(2,26)27/h4-11,23H,3H2,1-2H3. The molecule has 0 unspecified atom stereocenters. The minimum atomic E-state index is -3.39. The SMILES string of the molecule is CCOC(=O)c1cc(Oc2ccc(NS(C)(=O)=O)cc2)n(-c2ccc(Cl)cc2Cl)n1. The van der Waals surface area contributed by atoms with Crippen LogP contribution in [0.25, 0.3) is 5.69 Å². The van der Waals surface area contributed by atoms with Crippen molar-refractivity contribution >= 4 is 44.9 Å². The number of benzene rings is 2. The third-order valence-corrected chi connectivity index (χ3v) is 4.82. The number of rotatable bonds is 7. The predicted octanol–water partition coefficient (Wildman–Crippen LogP) is 4.52. The normalized spacial score (nSPS) is 11.2. The number of hydrogen-bond donors (Lipinski definition) is 1. The van der Waals surface area contributed by atoms with Crippen molar-refractivity contribution in [1.82, 2.24) is 9.78 Å². The summed E-state index contributed by atoms with van der Waals surface area (Å²) < 4.78 is 37.3. The average Bonchev–Trinajstić information content (AvgIpc) is 3.06. The van der Waals surface area contributed by atoms with Crippen LogP contribution in [0.1, 0.15) is 17.4 Å². The molecule has 3 rings (SSSR count). The van der Waals surface area contributed by atoms with Gasteiger partial charge in [0.1, 0.15) is 5.75 Å². The minimum absolute atomic E-state index is 0.0354. The number of carbonyl (C=O) groups excluding carboxylic acids is 1. The highest BCUT2D eigenvalue weighted by Crippen LogP contribution is 2.31. The molecule has 0 aliphatic rings. The summed E-state index contributed by atoms with van der Waals surface area (Å²) in [6, 6.07) is 12.4. The highest BCUT2D eigenvalue weighted by molar-refractivity contribution is 7.92. The highest BCUT2D eigenvalue weighted by atomic mass is 35.5. The second-order valence-corrected chi connectivity index (χ2v) is 8.69. The van der Waals surface area contributed by atoms with Crippen LogP contribution in [0.4, 0.5) is 5.69 Å². The van der Waals surface area contributed by atoms with Gasteiger partial charge in [-0.25, -0.2) is 13.2 Å². The number of carbonyl (C=O) groups is 1. The molecule has 3 aromatic rings. The Labute approximate surface area is 183 Å². The fourth-order valence-electron chi connectivity index (χ4n) is 2.49. The lowest BCUT2D eigenvalue weighted by Gasteiger charge is -2.11. The Kier molecular flexibility index (Phi) is 6.55. The second-order valence-electron chi connectivity index (χ2n) is 6.10. The smallest absolute Gasteiger partial charge is 0.358 e. The van der Waals surface area contributed by atoms with Crippen LogP contribution in [0, 0.1) is 0 Å². The first-order valence-corrected chi connectivity index (χ1v) is 11.3. The third kappa shape index (κ3) is 5.44. The van der Waals surface area contributed by atoms with E-state index >= 15 is 0 Å². The number of sulfonamides is 1. The number of nitrogens with zero attached hydrogens (tertiary/aromatic N) is 2. The predicted molar refractivity (Wildman–Crippen MR) is 115 cm³/mol. The van der Waals surface area contributed by atoms with E-state index in [1.165, 1.54) is 10.7 Å². The van der Waals surface area contributed by atoms with E-state index in [9.17, 15) is 13.2 Å². The fraction of sp³-hybridized carbons (Fsp3) is 0.158. The Hall–Kier alpha value is -2.75. The van der Waals surface area contributed by atoms with Crippen LogP contribution in [-0.2, 0) is 14.8 Å². The van der Waals surface area contributed by atoms with Crippen LogP contribution in [0.2, 0.25) is 10.0 Å². The zero-order valence-corrected chi connectivity index (χ0v) is 18.3. The first-order chi connectivity index (χ1) is 14.2. The molecule has 30 heavy (non-hydrogen) atoms. The van der Waals surface area contributed by atoms with Crippen molar-refractivity contribution in [2.45, 2.75) is 6.92 Å². The molecule has 0 saturated heterocycles. The van der Waals surface area contributed by atoms with Crippen LogP contribution in [0.3, 0.4) is 0 Å². The lowest BCUT2D eigenvalue weighted by molar-refractivity contribution is 0.0519. The minimum Gasteiger partial charge on any atom is -0.461 e. The molecule has 1 heterocycles. The largest absolute Gasteiger partial charge is 0.461 e. The van der Waals surface area contributed by atoms with Gasteiger partial charge in [-0.2, -0.15) is 9.78 Å². The van der Waals surface area contributed by atoms with E-state index in [4.69, 9.17) is 32.7 Å². The van der Waals surface area contributed by atoms with E-state index in [1.54, 1.807) is 49.4 Å². The fourth-order valence-corrected chi connectivity index (χ4v) is 3.55. The monoisotopic (exact) mass is 469 g/mol. The third-order valence-electron chi connectivity index (χ3n) is 3.68. The van der Waals surface area contributed by atoms with Gasteiger partial charge in [0.05, 0.1) is 23.6 Å². The number of ether oxygens (including phenoxy) is 2. The van der Waals surface area contributed by atoms with Gasteiger partial charge in [0.2, 0.25) is 15.9 Å². The molecule has 0 radical (unpaired) electrons. The molecule has 0 bridgehead atoms. The Balaban J connectivity index is 1.97. The van der Waals surface area contributed by atoms with Crippen molar-refractivity contribution in [3.63, 3.8) is 0 Å². The summed E-state index contributed by atoms with van der Waals surface area (Å²) in [6.45, 7) is 1.88. The molecule has 11 heteroatoms. The maximum Gasteiger partial charge on any atom is 0.358 e. The summed E-state index contributed by atoms with van der Waals surface area (Å²) in [6.07, 6.45) is 1.06. The van der Waals surface area contributed by atoms with Gasteiger partial charge >= 0.3 is 5.97 Å². The van der Waals surface area contributed by atoms with Crippen molar-refractivity contribution in [1.29, 1.82) is 0 Å². The Morgan fingerprint density at radius 1 is 1.13 bits per heavy atom. The van der Waals surface area contributed by atoms with E-state index in [-0.39, 0.29) is 18.2 Å². The van der Waals surface area contributed by atoms with Gasteiger partial charge in [0.25, 0.3) is 0 Å². The molecule has 2 aromatic carbocycles. The van der Waals surface area contributed by atoms with Gasteiger partial charge in [-0.15, -0.1) is 0 Å². The molecule has 0 spiro atoms. The summed E-state index contributed by atoms with van der Waals surface area (Å²) in [5, 5.41) is 5.00. The Morgan fingerprint density at radius 3 is 2.43 bits per heavy atom. The molecule has 1 aromatic heterocycles. The van der Waals surface area contributed by atoms with Gasteiger partial charge in [0, 0.05) is 16.8 Å². The van der Waals surface area contributed by atoms with E-state index in [0.717, 1.165) is 6.26 Å². The molecule has 0 fully saturated rings. The number of aromatic nitrogens is 2. The quantitative estimate of drug-likeness (QED) is 0.510. The van der Waals surface area contributed by atoms with Crippen LogP contribution in [0.15, 0.2) is 48.5 Å². The topological polar surface area (TPSA) is 99.5 Å². The van der Waals surface area contributed by atoms with Gasteiger partial charge in [-0.05, 0) is 49.4 Å². The molecule has 0 amide bonds. The molecular formula is C19H17Cl2N3O5S. The maximum absolute atomic E-state index is 12.1. The molecule has 0 aliphatic heterocycles. The maximum atomic E-state index is 12.1. The van der Waals surface area contributed by atoms with Gasteiger partial charge in [0.15, 0.2) is 5.69 Å². The van der Waals surface area contributed by atoms with Gasteiger partial charge < -0.3 is 9.47 Å². The number of hydrogen-bond acceptors (Lipinski definition) is 6. The summed E-state index contributed by atoms with van der Waals surface area (Å²) in [7, 11) is -3.39. The second kappa shape index (κ2) is 8.95.